The molecule has 2 heterocycles. The van der Waals surface area contributed by atoms with Gasteiger partial charge in [0.15, 0.2) is 0 Å². The average Bonchev–Trinajstić information content (AvgIpc) is 3.33. The number of nitrogens with zero attached hydrogens (tertiary/aromatic N) is 6. The van der Waals surface area contributed by atoms with E-state index >= 15 is 0 Å². The summed E-state index contributed by atoms with van der Waals surface area (Å²) < 4.78 is 0. The first-order valence-corrected chi connectivity index (χ1v) is 9.03. The normalized spacial score (nSPS) is 10.7. The molecule has 0 unspecified atom stereocenters. The first kappa shape index (κ1) is 17.0. The Morgan fingerprint density at radius 3 is 2.59 bits per heavy atom. The molecule has 0 radical (unpaired) electrons. The monoisotopic (exact) mass is 377 g/mol. The number of carbonyl (C=O) groups is 1. The van der Waals surface area contributed by atoms with Crippen LogP contribution >= 0.6 is 11.3 Å². The molecule has 8 nitrogen and oxygen atoms in total. The van der Waals surface area contributed by atoms with Crippen molar-refractivity contribution in [1.29, 1.82) is 0 Å². The number of anilines is 1. The molecule has 0 fully saturated rings. The van der Waals surface area contributed by atoms with Crippen molar-refractivity contribution in [3.8, 4) is 11.4 Å². The smallest absolute Gasteiger partial charge is 0.257 e. The van der Waals surface area contributed by atoms with Crippen molar-refractivity contribution in [2.75, 3.05) is 5.32 Å². The second kappa shape index (κ2) is 7.42. The van der Waals surface area contributed by atoms with E-state index in [1.54, 1.807) is 12.1 Å². The van der Waals surface area contributed by atoms with Crippen molar-refractivity contribution in [1.82, 2.24) is 30.4 Å². The predicted molar refractivity (Wildman–Crippen MR) is 101 cm³/mol. The number of benzene rings is 2. The number of tetrazole rings is 1. The second-order valence-electron chi connectivity index (χ2n) is 5.83. The van der Waals surface area contributed by atoms with E-state index in [2.05, 4.69) is 30.9 Å². The molecule has 9 heteroatoms. The molecule has 2 aromatic heterocycles. The van der Waals surface area contributed by atoms with Gasteiger partial charge in [-0.05, 0) is 24.3 Å². The van der Waals surface area contributed by atoms with Crippen LogP contribution in [-0.4, -0.2) is 36.3 Å². The molecule has 0 aliphatic heterocycles. The minimum Gasteiger partial charge on any atom is -0.296 e. The highest BCUT2D eigenvalue weighted by Crippen LogP contribution is 2.18. The summed E-state index contributed by atoms with van der Waals surface area (Å²) in [6, 6.07) is 16.9. The van der Waals surface area contributed by atoms with Crippen molar-refractivity contribution in [3.63, 3.8) is 0 Å². The number of hydrogen-bond acceptors (Lipinski definition) is 7. The Labute approximate surface area is 158 Å². The summed E-state index contributed by atoms with van der Waals surface area (Å²) >= 11 is 1.28. The van der Waals surface area contributed by atoms with Crippen LogP contribution in [0.4, 0.5) is 5.13 Å². The maximum atomic E-state index is 12.2. The maximum absolute atomic E-state index is 12.2. The van der Waals surface area contributed by atoms with Gasteiger partial charge < -0.3 is 0 Å². The molecule has 1 N–H and O–H groups in total. The lowest BCUT2D eigenvalue weighted by Crippen LogP contribution is -2.11. The van der Waals surface area contributed by atoms with Gasteiger partial charge in [0.05, 0.1) is 0 Å². The first-order chi connectivity index (χ1) is 13.2. The summed E-state index contributed by atoms with van der Waals surface area (Å²) in [6.45, 7) is 2.30. The van der Waals surface area contributed by atoms with Gasteiger partial charge in [-0.3, -0.25) is 10.1 Å². The zero-order valence-electron chi connectivity index (χ0n) is 14.4. The van der Waals surface area contributed by atoms with Gasteiger partial charge in [-0.1, -0.05) is 59.4 Å². The third-order valence-electron chi connectivity index (χ3n) is 3.76. The first-order valence-electron chi connectivity index (χ1n) is 8.21. The van der Waals surface area contributed by atoms with Crippen molar-refractivity contribution < 1.29 is 4.79 Å². The van der Waals surface area contributed by atoms with Crippen LogP contribution in [0, 0.1) is 6.92 Å². The molecule has 0 saturated carbocycles. The number of aromatic nitrogens is 6. The molecule has 0 aliphatic carbocycles. The van der Waals surface area contributed by atoms with Crippen LogP contribution in [-0.2, 0) is 6.54 Å². The molecule has 0 spiro atoms. The molecule has 134 valence electrons. The van der Waals surface area contributed by atoms with E-state index in [9.17, 15) is 4.79 Å². The highest BCUT2D eigenvalue weighted by molar-refractivity contribution is 7.15. The van der Waals surface area contributed by atoms with E-state index in [1.807, 2.05) is 49.4 Å². The van der Waals surface area contributed by atoms with Crippen molar-refractivity contribution in [2.45, 2.75) is 13.5 Å². The fraction of sp³-hybridized carbons (Fsp3) is 0.111. The number of rotatable bonds is 5. The van der Waals surface area contributed by atoms with E-state index in [1.165, 1.54) is 16.1 Å². The van der Waals surface area contributed by atoms with E-state index in [4.69, 9.17) is 0 Å². The number of carbonyl (C=O) groups excluding carboxylic acids is 1. The summed E-state index contributed by atoms with van der Waals surface area (Å²) in [5.74, 6) is 0.330. The summed E-state index contributed by atoms with van der Waals surface area (Å²) in [5, 5.41) is 24.4. The fourth-order valence-corrected chi connectivity index (χ4v) is 3.09. The molecule has 2 aromatic carbocycles. The number of aryl methyl sites for hydroxylation is 1. The summed E-state index contributed by atoms with van der Waals surface area (Å²) in [7, 11) is 0. The topological polar surface area (TPSA) is 98.5 Å². The fourth-order valence-electron chi connectivity index (χ4n) is 2.38. The Morgan fingerprint density at radius 1 is 1.04 bits per heavy atom. The minimum absolute atomic E-state index is 0.219. The highest BCUT2D eigenvalue weighted by Gasteiger charge is 2.12. The average molecular weight is 377 g/mol. The molecular formula is C18H15N7OS. The lowest BCUT2D eigenvalue weighted by molar-refractivity contribution is 0.102. The Bertz CT molecular complexity index is 1060. The molecule has 0 aliphatic rings. The van der Waals surface area contributed by atoms with Crippen LogP contribution in [0.15, 0.2) is 54.6 Å². The lowest BCUT2D eigenvalue weighted by atomic mass is 10.1. The van der Waals surface area contributed by atoms with E-state index < -0.39 is 0 Å². The molecule has 0 bridgehead atoms. The zero-order valence-corrected chi connectivity index (χ0v) is 15.2. The van der Waals surface area contributed by atoms with Gasteiger partial charge >= 0.3 is 0 Å². The van der Waals surface area contributed by atoms with E-state index in [0.29, 0.717) is 28.1 Å². The van der Waals surface area contributed by atoms with Gasteiger partial charge in [-0.15, -0.1) is 20.4 Å². The Balaban J connectivity index is 1.42. The maximum Gasteiger partial charge on any atom is 0.257 e. The van der Waals surface area contributed by atoms with Gasteiger partial charge in [-0.25, -0.2) is 0 Å². The third kappa shape index (κ3) is 4.04. The summed E-state index contributed by atoms with van der Waals surface area (Å²) in [6.07, 6.45) is 0. The molecule has 4 aromatic rings. The Hall–Kier alpha value is -3.46. The van der Waals surface area contributed by atoms with Gasteiger partial charge in [0.25, 0.3) is 5.91 Å². The van der Waals surface area contributed by atoms with Crippen LogP contribution in [0.5, 0.6) is 0 Å². The number of hydrogen-bond donors (Lipinski definition) is 1. The van der Waals surface area contributed by atoms with Crippen LogP contribution < -0.4 is 5.32 Å². The SMILES string of the molecule is Cc1ccc(C(=O)Nc2nnc(Cn3nnc(-c4ccccc4)n3)s2)cc1. The summed E-state index contributed by atoms with van der Waals surface area (Å²) in [4.78, 5) is 13.7. The van der Waals surface area contributed by atoms with E-state index in [-0.39, 0.29) is 5.91 Å². The van der Waals surface area contributed by atoms with Crippen molar-refractivity contribution >= 4 is 22.4 Å². The van der Waals surface area contributed by atoms with Crippen LogP contribution in [0.2, 0.25) is 0 Å². The molecule has 0 atom stereocenters. The van der Waals surface area contributed by atoms with Crippen LogP contribution in [0.3, 0.4) is 0 Å². The summed E-state index contributed by atoms with van der Waals surface area (Å²) in [5.41, 5.74) is 2.56. The zero-order chi connectivity index (χ0) is 18.6. The molecule has 4 rings (SSSR count). The minimum atomic E-state index is -0.219. The highest BCUT2D eigenvalue weighted by atomic mass is 32.1. The number of amides is 1. The second-order valence-corrected chi connectivity index (χ2v) is 6.89. The van der Waals surface area contributed by atoms with E-state index in [0.717, 1.165) is 11.1 Å². The lowest BCUT2D eigenvalue weighted by Gasteiger charge is -2.01. The molecule has 1 amide bonds. The largest absolute Gasteiger partial charge is 0.296 e. The van der Waals surface area contributed by atoms with Crippen LogP contribution in [0.25, 0.3) is 11.4 Å². The molecule has 0 saturated heterocycles. The van der Waals surface area contributed by atoms with Crippen LogP contribution in [0.1, 0.15) is 20.9 Å². The predicted octanol–water partition coefficient (Wildman–Crippen LogP) is 2.80. The Kier molecular flexibility index (Phi) is 4.67. The van der Waals surface area contributed by atoms with Gasteiger partial charge in [0.2, 0.25) is 11.0 Å². The standard InChI is InChI=1S/C18H15N7OS/c1-12-7-9-14(10-8-12)17(26)19-18-22-20-15(27-18)11-25-23-16(21-24-25)13-5-3-2-4-6-13/h2-10H,11H2,1H3,(H,19,22,26). The third-order valence-corrected chi connectivity index (χ3v) is 4.59. The van der Waals surface area contributed by atoms with Crippen molar-refractivity contribution in [3.05, 3.63) is 70.7 Å². The Morgan fingerprint density at radius 2 is 1.81 bits per heavy atom. The molecule has 27 heavy (non-hydrogen) atoms. The quantitative estimate of drug-likeness (QED) is 0.574. The number of nitrogens with one attached hydrogen (secondary N) is 1. The molecular weight excluding hydrogens is 362 g/mol. The van der Waals surface area contributed by atoms with Crippen molar-refractivity contribution in [2.24, 2.45) is 0 Å². The van der Waals surface area contributed by atoms with Gasteiger partial charge in [0, 0.05) is 11.1 Å². The van der Waals surface area contributed by atoms with Gasteiger partial charge in [0.1, 0.15) is 11.6 Å². The van der Waals surface area contributed by atoms with Gasteiger partial charge in [-0.2, -0.15) is 4.80 Å².